The molecule has 2 bridgehead atoms. The first-order chi connectivity index (χ1) is 15.0. The SMILES string of the molecule is O=C1C2C3c4ccccc4C(c4ccccc43)C2C(=O)N1c1ccc(Cl)c([N+](=O)[O-])c1. The second kappa shape index (κ2) is 6.25. The first kappa shape index (κ1) is 18.3. The van der Waals surface area contributed by atoms with Crippen LogP contribution in [-0.2, 0) is 9.59 Å². The van der Waals surface area contributed by atoms with Gasteiger partial charge in [0, 0.05) is 17.9 Å². The summed E-state index contributed by atoms with van der Waals surface area (Å²) in [6.07, 6.45) is 0. The Labute approximate surface area is 182 Å². The number of imide groups is 1. The van der Waals surface area contributed by atoms with Gasteiger partial charge >= 0.3 is 0 Å². The molecule has 0 spiro atoms. The Kier molecular flexibility index (Phi) is 3.68. The van der Waals surface area contributed by atoms with E-state index in [4.69, 9.17) is 11.6 Å². The van der Waals surface area contributed by atoms with Gasteiger partial charge in [-0.15, -0.1) is 0 Å². The van der Waals surface area contributed by atoms with Gasteiger partial charge < -0.3 is 0 Å². The number of hydrogen-bond donors (Lipinski definition) is 0. The lowest BCUT2D eigenvalue weighted by Crippen LogP contribution is -2.41. The number of hydrogen-bond acceptors (Lipinski definition) is 4. The monoisotopic (exact) mass is 430 g/mol. The summed E-state index contributed by atoms with van der Waals surface area (Å²) in [6, 6.07) is 20.0. The highest BCUT2D eigenvalue weighted by Crippen LogP contribution is 2.61. The Morgan fingerprint density at radius 3 is 1.65 bits per heavy atom. The van der Waals surface area contributed by atoms with Gasteiger partial charge in [0.2, 0.25) is 11.8 Å². The van der Waals surface area contributed by atoms with E-state index in [2.05, 4.69) is 0 Å². The standard InChI is InChI=1S/C24H15ClN2O4/c25-17-10-9-12(11-18(17)27(30)31)26-23(28)21-19-13-5-1-2-6-14(13)20(22(21)24(26)29)16-8-4-3-7-15(16)19/h1-11,19-22H. The average Bonchev–Trinajstić information content (AvgIpc) is 3.05. The van der Waals surface area contributed by atoms with Crippen molar-refractivity contribution in [1.82, 2.24) is 0 Å². The molecule has 0 saturated carbocycles. The van der Waals surface area contributed by atoms with Gasteiger partial charge in [0.1, 0.15) is 5.02 Å². The first-order valence-electron chi connectivity index (χ1n) is 9.98. The van der Waals surface area contributed by atoms with E-state index in [0.29, 0.717) is 0 Å². The summed E-state index contributed by atoms with van der Waals surface area (Å²) in [5.74, 6) is -2.12. The fraction of sp³-hybridized carbons (Fsp3) is 0.167. The number of rotatable bonds is 2. The van der Waals surface area contributed by atoms with E-state index in [1.54, 1.807) is 0 Å². The molecular weight excluding hydrogens is 416 g/mol. The van der Waals surface area contributed by atoms with Gasteiger partial charge in [-0.3, -0.25) is 19.7 Å². The highest BCUT2D eigenvalue weighted by atomic mass is 35.5. The van der Waals surface area contributed by atoms with E-state index in [-0.39, 0.29) is 40.0 Å². The van der Waals surface area contributed by atoms with Crippen molar-refractivity contribution in [3.63, 3.8) is 0 Å². The minimum Gasteiger partial charge on any atom is -0.274 e. The van der Waals surface area contributed by atoms with Crippen LogP contribution in [0.5, 0.6) is 0 Å². The number of nitro groups is 1. The minimum absolute atomic E-state index is 0.0369. The molecule has 7 rings (SSSR count). The van der Waals surface area contributed by atoms with Crippen LogP contribution in [0.3, 0.4) is 0 Å². The fourth-order valence-corrected chi connectivity index (χ4v) is 5.90. The highest BCUT2D eigenvalue weighted by Gasteiger charge is 2.61. The zero-order valence-corrected chi connectivity index (χ0v) is 16.8. The number of nitro benzene ring substituents is 1. The second-order valence-electron chi connectivity index (χ2n) is 8.17. The minimum atomic E-state index is -0.612. The number of carbonyl (C=O) groups is 2. The van der Waals surface area contributed by atoms with Gasteiger partial charge in [0.25, 0.3) is 5.69 Å². The smallest absolute Gasteiger partial charge is 0.274 e. The molecular formula is C24H15ClN2O4. The van der Waals surface area contributed by atoms with Gasteiger partial charge in [-0.2, -0.15) is 0 Å². The molecule has 1 fully saturated rings. The third kappa shape index (κ3) is 2.28. The van der Waals surface area contributed by atoms with Crippen LogP contribution in [0, 0.1) is 22.0 Å². The molecule has 4 aliphatic rings. The average molecular weight is 431 g/mol. The third-order valence-corrected chi connectivity index (χ3v) is 7.15. The molecule has 2 atom stereocenters. The lowest BCUT2D eigenvalue weighted by atomic mass is 9.55. The molecule has 3 aromatic rings. The summed E-state index contributed by atoms with van der Waals surface area (Å²) >= 11 is 5.94. The maximum absolute atomic E-state index is 13.6. The molecule has 7 heteroatoms. The van der Waals surface area contributed by atoms with Crippen LogP contribution < -0.4 is 4.90 Å². The maximum Gasteiger partial charge on any atom is 0.289 e. The van der Waals surface area contributed by atoms with Crippen LogP contribution in [0.25, 0.3) is 0 Å². The lowest BCUT2D eigenvalue weighted by molar-refractivity contribution is -0.384. The zero-order chi connectivity index (χ0) is 21.4. The van der Waals surface area contributed by atoms with Crippen molar-refractivity contribution >= 4 is 34.8 Å². The van der Waals surface area contributed by atoms with Gasteiger partial charge in [0.05, 0.1) is 22.4 Å². The quantitative estimate of drug-likeness (QED) is 0.337. The zero-order valence-electron chi connectivity index (χ0n) is 16.1. The summed E-state index contributed by atoms with van der Waals surface area (Å²) in [7, 11) is 0. The molecule has 3 aromatic carbocycles. The van der Waals surface area contributed by atoms with Crippen molar-refractivity contribution in [2.24, 2.45) is 11.8 Å². The van der Waals surface area contributed by atoms with E-state index < -0.39 is 16.8 Å². The van der Waals surface area contributed by atoms with Crippen LogP contribution >= 0.6 is 11.6 Å². The van der Waals surface area contributed by atoms with Crippen LogP contribution in [0.2, 0.25) is 5.02 Å². The van der Waals surface area contributed by atoms with Crippen LogP contribution in [-0.4, -0.2) is 16.7 Å². The molecule has 0 radical (unpaired) electrons. The predicted octanol–water partition coefficient (Wildman–Crippen LogP) is 4.64. The van der Waals surface area contributed by atoms with E-state index in [9.17, 15) is 19.7 Å². The van der Waals surface area contributed by atoms with Gasteiger partial charge in [-0.25, -0.2) is 4.90 Å². The molecule has 3 aliphatic carbocycles. The molecule has 6 nitrogen and oxygen atoms in total. The molecule has 1 aliphatic heterocycles. The largest absolute Gasteiger partial charge is 0.289 e. The summed E-state index contributed by atoms with van der Waals surface area (Å²) in [5.41, 5.74) is 4.18. The Balaban J connectivity index is 1.54. The summed E-state index contributed by atoms with van der Waals surface area (Å²) in [5, 5.41) is 11.3. The van der Waals surface area contributed by atoms with E-state index in [1.807, 2.05) is 48.5 Å². The summed E-state index contributed by atoms with van der Waals surface area (Å²) < 4.78 is 0. The second-order valence-corrected chi connectivity index (χ2v) is 8.58. The Morgan fingerprint density at radius 2 is 1.23 bits per heavy atom. The Bertz CT molecular complexity index is 1200. The molecule has 1 saturated heterocycles. The lowest BCUT2D eigenvalue weighted by Gasteiger charge is -2.45. The number of carbonyl (C=O) groups excluding carboxylic acids is 2. The number of nitrogens with zero attached hydrogens (tertiary/aromatic N) is 2. The maximum atomic E-state index is 13.6. The van der Waals surface area contributed by atoms with E-state index >= 15 is 0 Å². The number of benzene rings is 3. The first-order valence-corrected chi connectivity index (χ1v) is 10.4. The van der Waals surface area contributed by atoms with Crippen molar-refractivity contribution in [1.29, 1.82) is 0 Å². The van der Waals surface area contributed by atoms with Crippen LogP contribution in [0.1, 0.15) is 34.1 Å². The van der Waals surface area contributed by atoms with Crippen molar-refractivity contribution in [2.75, 3.05) is 4.90 Å². The Morgan fingerprint density at radius 1 is 0.774 bits per heavy atom. The number of anilines is 1. The highest BCUT2D eigenvalue weighted by molar-refractivity contribution is 6.33. The van der Waals surface area contributed by atoms with E-state index in [0.717, 1.165) is 27.2 Å². The molecule has 1 heterocycles. The normalized spacial score (nSPS) is 25.3. The molecule has 152 valence electrons. The Hall–Kier alpha value is -3.51. The third-order valence-electron chi connectivity index (χ3n) is 6.83. The molecule has 0 N–H and O–H groups in total. The van der Waals surface area contributed by atoms with Gasteiger partial charge in [-0.1, -0.05) is 60.1 Å². The van der Waals surface area contributed by atoms with Gasteiger partial charge in [-0.05, 0) is 34.4 Å². The van der Waals surface area contributed by atoms with Gasteiger partial charge in [0.15, 0.2) is 0 Å². The molecule has 2 unspecified atom stereocenters. The molecule has 2 amide bonds. The molecule has 31 heavy (non-hydrogen) atoms. The molecule has 0 aromatic heterocycles. The fourth-order valence-electron chi connectivity index (χ4n) is 5.71. The van der Waals surface area contributed by atoms with E-state index in [1.165, 1.54) is 18.2 Å². The topological polar surface area (TPSA) is 80.5 Å². The van der Waals surface area contributed by atoms with Crippen LogP contribution in [0.15, 0.2) is 66.7 Å². The van der Waals surface area contributed by atoms with Crippen molar-refractivity contribution in [3.05, 3.63) is 104 Å². The van der Waals surface area contributed by atoms with Crippen molar-refractivity contribution < 1.29 is 14.5 Å². The number of amides is 2. The van der Waals surface area contributed by atoms with Crippen molar-refractivity contribution in [3.8, 4) is 0 Å². The number of halogens is 1. The predicted molar refractivity (Wildman–Crippen MR) is 114 cm³/mol. The summed E-state index contributed by atoms with van der Waals surface area (Å²) in [4.78, 5) is 39.1. The van der Waals surface area contributed by atoms with Crippen LogP contribution in [0.4, 0.5) is 11.4 Å². The van der Waals surface area contributed by atoms with Crippen molar-refractivity contribution in [2.45, 2.75) is 11.8 Å². The summed E-state index contributed by atoms with van der Waals surface area (Å²) in [6.45, 7) is 0.